The third-order valence-electron chi connectivity index (χ3n) is 2.00. The van der Waals surface area contributed by atoms with Gasteiger partial charge in [-0.1, -0.05) is 23.7 Å². The summed E-state index contributed by atoms with van der Waals surface area (Å²) in [6, 6.07) is 9.66. The van der Waals surface area contributed by atoms with Crippen molar-refractivity contribution in [3.63, 3.8) is 0 Å². The second kappa shape index (κ2) is 3.95. The van der Waals surface area contributed by atoms with E-state index in [0.29, 0.717) is 11.6 Å². The number of halogens is 1. The predicted molar refractivity (Wildman–Crippen MR) is 57.5 cm³/mol. The van der Waals surface area contributed by atoms with Crippen molar-refractivity contribution in [2.75, 3.05) is 7.11 Å². The van der Waals surface area contributed by atoms with Crippen molar-refractivity contribution in [1.82, 2.24) is 4.98 Å². The largest absolute Gasteiger partial charge is 0.378 e. The number of hydrogen-bond donors (Lipinski definition) is 0. The Morgan fingerprint density at radius 1 is 1.29 bits per heavy atom. The van der Waals surface area contributed by atoms with Gasteiger partial charge < -0.3 is 4.74 Å². The number of rotatable bonds is 2. The third-order valence-corrected chi connectivity index (χ3v) is 2.24. The SMILES string of the molecule is COCc1ccc2ccc(Cl)cc2n1. The van der Waals surface area contributed by atoms with Crippen molar-refractivity contribution in [1.29, 1.82) is 0 Å². The number of nitrogens with zero attached hydrogens (tertiary/aromatic N) is 1. The molecule has 1 heterocycles. The lowest BCUT2D eigenvalue weighted by atomic mass is 10.2. The maximum absolute atomic E-state index is 5.88. The molecule has 2 aromatic rings. The quantitative estimate of drug-likeness (QED) is 0.755. The van der Waals surface area contributed by atoms with Crippen LogP contribution in [0.1, 0.15) is 5.69 Å². The molecule has 1 aromatic heterocycles. The Bertz CT molecular complexity index is 456. The smallest absolute Gasteiger partial charge is 0.0884 e. The van der Waals surface area contributed by atoms with Gasteiger partial charge in [-0.2, -0.15) is 0 Å². The second-order valence-electron chi connectivity index (χ2n) is 3.07. The van der Waals surface area contributed by atoms with E-state index in [1.54, 1.807) is 7.11 Å². The van der Waals surface area contributed by atoms with Crippen molar-refractivity contribution < 1.29 is 4.74 Å². The highest BCUT2D eigenvalue weighted by atomic mass is 35.5. The highest BCUT2D eigenvalue weighted by Gasteiger charge is 1.98. The Morgan fingerprint density at radius 2 is 2.07 bits per heavy atom. The summed E-state index contributed by atoms with van der Waals surface area (Å²) in [6.45, 7) is 0.530. The fourth-order valence-corrected chi connectivity index (χ4v) is 1.53. The summed E-state index contributed by atoms with van der Waals surface area (Å²) in [4.78, 5) is 4.42. The second-order valence-corrected chi connectivity index (χ2v) is 3.51. The van der Waals surface area contributed by atoms with E-state index in [0.717, 1.165) is 16.6 Å². The molecule has 2 nitrogen and oxygen atoms in total. The molecule has 0 atom stereocenters. The van der Waals surface area contributed by atoms with Crippen LogP contribution in [0.3, 0.4) is 0 Å². The van der Waals surface area contributed by atoms with Gasteiger partial charge in [0.1, 0.15) is 0 Å². The molecule has 0 amide bonds. The van der Waals surface area contributed by atoms with Crippen LogP contribution in [0.15, 0.2) is 30.3 Å². The summed E-state index contributed by atoms with van der Waals surface area (Å²) in [5.74, 6) is 0. The van der Waals surface area contributed by atoms with E-state index in [2.05, 4.69) is 4.98 Å². The molecule has 72 valence electrons. The average Bonchev–Trinajstić information content (AvgIpc) is 2.17. The van der Waals surface area contributed by atoms with Crippen molar-refractivity contribution in [3.05, 3.63) is 41.0 Å². The van der Waals surface area contributed by atoms with E-state index in [4.69, 9.17) is 16.3 Å². The zero-order chi connectivity index (χ0) is 9.97. The van der Waals surface area contributed by atoms with Gasteiger partial charge in [0.25, 0.3) is 0 Å². The van der Waals surface area contributed by atoms with Gasteiger partial charge in [-0.3, -0.25) is 4.98 Å². The fourth-order valence-electron chi connectivity index (χ4n) is 1.36. The molecule has 0 N–H and O–H groups in total. The molecule has 0 unspecified atom stereocenters. The monoisotopic (exact) mass is 207 g/mol. The van der Waals surface area contributed by atoms with E-state index in [-0.39, 0.29) is 0 Å². The summed E-state index contributed by atoms with van der Waals surface area (Å²) in [5.41, 5.74) is 1.83. The first-order valence-corrected chi connectivity index (χ1v) is 4.71. The van der Waals surface area contributed by atoms with Gasteiger partial charge in [-0.25, -0.2) is 0 Å². The highest BCUT2D eigenvalue weighted by Crippen LogP contribution is 2.17. The van der Waals surface area contributed by atoms with Crippen molar-refractivity contribution in [2.24, 2.45) is 0 Å². The Kier molecular flexibility index (Phi) is 2.66. The number of fused-ring (bicyclic) bond motifs is 1. The Labute approximate surface area is 87.5 Å². The lowest BCUT2D eigenvalue weighted by Gasteiger charge is -2.01. The lowest BCUT2D eigenvalue weighted by Crippen LogP contribution is -1.91. The van der Waals surface area contributed by atoms with Crippen molar-refractivity contribution in [3.8, 4) is 0 Å². The summed E-state index contributed by atoms with van der Waals surface area (Å²) >= 11 is 5.88. The minimum atomic E-state index is 0.530. The van der Waals surface area contributed by atoms with Gasteiger partial charge in [-0.15, -0.1) is 0 Å². The standard InChI is InChI=1S/C11H10ClNO/c1-14-7-10-5-3-8-2-4-9(12)6-11(8)13-10/h2-6H,7H2,1H3. The zero-order valence-corrected chi connectivity index (χ0v) is 8.58. The Balaban J connectivity index is 2.52. The van der Waals surface area contributed by atoms with Gasteiger partial charge in [0.05, 0.1) is 17.8 Å². The van der Waals surface area contributed by atoms with Crippen LogP contribution in [0.2, 0.25) is 5.02 Å². The molecular formula is C11H10ClNO. The summed E-state index contributed by atoms with van der Waals surface area (Å²) in [6.07, 6.45) is 0. The molecule has 0 saturated heterocycles. The van der Waals surface area contributed by atoms with Crippen molar-refractivity contribution >= 4 is 22.5 Å². The van der Waals surface area contributed by atoms with E-state index in [9.17, 15) is 0 Å². The van der Waals surface area contributed by atoms with Gasteiger partial charge in [0, 0.05) is 17.5 Å². The molecule has 1 aromatic carbocycles. The lowest BCUT2D eigenvalue weighted by molar-refractivity contribution is 0.182. The number of methoxy groups -OCH3 is 1. The van der Waals surface area contributed by atoms with E-state index >= 15 is 0 Å². The molecule has 0 aliphatic rings. The molecule has 0 fully saturated rings. The maximum atomic E-state index is 5.88. The van der Waals surface area contributed by atoms with Gasteiger partial charge >= 0.3 is 0 Å². The van der Waals surface area contributed by atoms with Crippen LogP contribution in [-0.4, -0.2) is 12.1 Å². The van der Waals surface area contributed by atoms with Crippen LogP contribution in [0.5, 0.6) is 0 Å². The molecule has 0 aliphatic heterocycles. The molecule has 14 heavy (non-hydrogen) atoms. The van der Waals surface area contributed by atoms with Crippen LogP contribution in [0.25, 0.3) is 10.9 Å². The molecule has 3 heteroatoms. The first kappa shape index (κ1) is 9.44. The van der Waals surface area contributed by atoms with Crippen LogP contribution >= 0.6 is 11.6 Å². The number of aromatic nitrogens is 1. The van der Waals surface area contributed by atoms with E-state index in [1.165, 1.54) is 0 Å². The van der Waals surface area contributed by atoms with Crippen LogP contribution < -0.4 is 0 Å². The first-order chi connectivity index (χ1) is 6.79. The topological polar surface area (TPSA) is 22.1 Å². The number of benzene rings is 1. The molecule has 0 radical (unpaired) electrons. The molecular weight excluding hydrogens is 198 g/mol. The molecule has 0 bridgehead atoms. The molecule has 0 saturated carbocycles. The van der Waals surface area contributed by atoms with E-state index in [1.807, 2.05) is 30.3 Å². The van der Waals surface area contributed by atoms with Crippen molar-refractivity contribution in [2.45, 2.75) is 6.61 Å². The molecule has 0 aliphatic carbocycles. The number of ether oxygens (including phenoxy) is 1. The average molecular weight is 208 g/mol. The van der Waals surface area contributed by atoms with Gasteiger partial charge in [0.2, 0.25) is 0 Å². The normalized spacial score (nSPS) is 10.7. The highest BCUT2D eigenvalue weighted by molar-refractivity contribution is 6.31. The molecule has 2 rings (SSSR count). The van der Waals surface area contributed by atoms with Gasteiger partial charge in [0.15, 0.2) is 0 Å². The predicted octanol–water partition coefficient (Wildman–Crippen LogP) is 3.03. The van der Waals surface area contributed by atoms with E-state index < -0.39 is 0 Å². The minimum absolute atomic E-state index is 0.530. The molecule has 0 spiro atoms. The van der Waals surface area contributed by atoms with Crippen LogP contribution in [0, 0.1) is 0 Å². The first-order valence-electron chi connectivity index (χ1n) is 4.34. The number of hydrogen-bond acceptors (Lipinski definition) is 2. The Morgan fingerprint density at radius 3 is 2.86 bits per heavy atom. The van der Waals surface area contributed by atoms with Gasteiger partial charge in [-0.05, 0) is 18.2 Å². The maximum Gasteiger partial charge on any atom is 0.0884 e. The van der Waals surface area contributed by atoms with Crippen LogP contribution in [-0.2, 0) is 11.3 Å². The summed E-state index contributed by atoms with van der Waals surface area (Å²) in [5, 5.41) is 1.80. The zero-order valence-electron chi connectivity index (χ0n) is 7.83. The number of pyridine rings is 1. The summed E-state index contributed by atoms with van der Waals surface area (Å²) < 4.78 is 5.01. The Hall–Kier alpha value is -1.12. The third kappa shape index (κ3) is 1.86. The minimum Gasteiger partial charge on any atom is -0.378 e. The summed E-state index contributed by atoms with van der Waals surface area (Å²) in [7, 11) is 1.66. The fraction of sp³-hybridized carbons (Fsp3) is 0.182. The van der Waals surface area contributed by atoms with Crippen LogP contribution in [0.4, 0.5) is 0 Å².